The maximum atomic E-state index is 12.6. The largest absolute Gasteiger partial charge is 0.504 e. The fourth-order valence-electron chi connectivity index (χ4n) is 2.81. The Hall–Kier alpha value is -4.01. The number of nitrogens with two attached hydrogens (primary N) is 1. The van der Waals surface area contributed by atoms with Crippen molar-refractivity contribution in [3.63, 3.8) is 0 Å². The van der Waals surface area contributed by atoms with Gasteiger partial charge in [-0.25, -0.2) is 9.97 Å². The van der Waals surface area contributed by atoms with E-state index in [-0.39, 0.29) is 18.3 Å². The van der Waals surface area contributed by atoms with Crippen molar-refractivity contribution < 1.29 is 19.4 Å². The number of ether oxygens (including phenoxy) is 2. The molecule has 162 valence electrons. The highest BCUT2D eigenvalue weighted by atomic mass is 16.5. The van der Waals surface area contributed by atoms with Crippen molar-refractivity contribution in [2.75, 3.05) is 38.3 Å². The summed E-state index contributed by atoms with van der Waals surface area (Å²) in [5, 5.41) is 13.4. The smallest absolute Gasteiger partial charge is 0.253 e. The van der Waals surface area contributed by atoms with Crippen LogP contribution in [-0.2, 0) is 6.61 Å². The number of nitrogens with one attached hydrogen (secondary N) is 1. The third kappa shape index (κ3) is 5.75. The van der Waals surface area contributed by atoms with Crippen molar-refractivity contribution in [1.82, 2.24) is 14.9 Å². The second-order valence-corrected chi connectivity index (χ2v) is 6.79. The van der Waals surface area contributed by atoms with Crippen LogP contribution >= 0.6 is 0 Å². The summed E-state index contributed by atoms with van der Waals surface area (Å²) in [7, 11) is 3.29. The van der Waals surface area contributed by atoms with Crippen LogP contribution in [-0.4, -0.2) is 53.1 Å². The first-order chi connectivity index (χ1) is 15.0. The lowest BCUT2D eigenvalue weighted by molar-refractivity contribution is 0.0800. The van der Waals surface area contributed by atoms with E-state index in [9.17, 15) is 9.90 Å². The quantitative estimate of drug-likeness (QED) is 0.480. The highest BCUT2D eigenvalue weighted by Crippen LogP contribution is 2.28. The van der Waals surface area contributed by atoms with E-state index in [0.29, 0.717) is 35.9 Å². The molecule has 3 aromatic rings. The van der Waals surface area contributed by atoms with Gasteiger partial charge in [0.2, 0.25) is 0 Å². The van der Waals surface area contributed by atoms with Gasteiger partial charge in [0.05, 0.1) is 19.0 Å². The van der Waals surface area contributed by atoms with Gasteiger partial charge in [0.25, 0.3) is 5.91 Å². The summed E-state index contributed by atoms with van der Waals surface area (Å²) in [5.41, 5.74) is 7.65. The number of amides is 1. The summed E-state index contributed by atoms with van der Waals surface area (Å²) < 4.78 is 10.8. The SMILES string of the molecule is COc1ccc(COc2ccc(C(=O)N(C)CCNc3cncnc3N)cc2O)cc1. The minimum atomic E-state index is -0.226. The van der Waals surface area contributed by atoms with Crippen LogP contribution in [0.3, 0.4) is 0 Å². The number of anilines is 2. The predicted octanol–water partition coefficient (Wildman–Crippen LogP) is 2.54. The van der Waals surface area contributed by atoms with Gasteiger partial charge < -0.3 is 30.5 Å². The summed E-state index contributed by atoms with van der Waals surface area (Å²) in [4.78, 5) is 22.0. The molecule has 4 N–H and O–H groups in total. The van der Waals surface area contributed by atoms with Crippen LogP contribution in [0, 0.1) is 0 Å². The lowest BCUT2D eigenvalue weighted by atomic mass is 10.1. The van der Waals surface area contributed by atoms with Crippen LogP contribution in [0.15, 0.2) is 55.0 Å². The third-order valence-electron chi connectivity index (χ3n) is 4.61. The van der Waals surface area contributed by atoms with Crippen molar-refractivity contribution in [1.29, 1.82) is 0 Å². The van der Waals surface area contributed by atoms with Gasteiger partial charge in [-0.15, -0.1) is 0 Å². The lowest BCUT2D eigenvalue weighted by Crippen LogP contribution is -2.31. The number of phenols is 1. The number of nitrogen functional groups attached to an aromatic ring is 1. The molecule has 0 aliphatic heterocycles. The molecule has 0 unspecified atom stereocenters. The second kappa shape index (κ2) is 10.1. The number of likely N-dealkylation sites (N-methyl/N-ethyl adjacent to an activating group) is 1. The number of carbonyl (C=O) groups excluding carboxylic acids is 1. The molecule has 0 aliphatic rings. The van der Waals surface area contributed by atoms with Gasteiger partial charge in [0.1, 0.15) is 24.5 Å². The van der Waals surface area contributed by atoms with Gasteiger partial charge >= 0.3 is 0 Å². The predicted molar refractivity (Wildman–Crippen MR) is 117 cm³/mol. The highest BCUT2D eigenvalue weighted by molar-refractivity contribution is 5.94. The van der Waals surface area contributed by atoms with Gasteiger partial charge in [-0.05, 0) is 35.9 Å². The molecule has 1 heterocycles. The van der Waals surface area contributed by atoms with Crippen LogP contribution < -0.4 is 20.5 Å². The minimum Gasteiger partial charge on any atom is -0.504 e. The van der Waals surface area contributed by atoms with Gasteiger partial charge in [-0.2, -0.15) is 0 Å². The summed E-state index contributed by atoms with van der Waals surface area (Å²) >= 11 is 0. The molecule has 9 nitrogen and oxygen atoms in total. The Balaban J connectivity index is 1.53. The van der Waals surface area contributed by atoms with Gasteiger partial charge in [0, 0.05) is 25.7 Å². The molecular formula is C22H25N5O4. The van der Waals surface area contributed by atoms with Crippen LogP contribution in [0.5, 0.6) is 17.2 Å². The first kappa shape index (κ1) is 21.7. The Morgan fingerprint density at radius 1 is 1.23 bits per heavy atom. The number of phenolic OH excluding ortho intramolecular Hbond substituents is 1. The number of aromatic nitrogens is 2. The normalized spacial score (nSPS) is 10.4. The Kier molecular flexibility index (Phi) is 7.10. The van der Waals surface area contributed by atoms with Crippen molar-refractivity contribution in [2.24, 2.45) is 0 Å². The zero-order valence-electron chi connectivity index (χ0n) is 17.4. The van der Waals surface area contributed by atoms with Gasteiger partial charge in [0.15, 0.2) is 11.5 Å². The molecule has 9 heteroatoms. The van der Waals surface area contributed by atoms with Crippen LogP contribution in [0.25, 0.3) is 0 Å². The number of benzene rings is 2. The van der Waals surface area contributed by atoms with E-state index >= 15 is 0 Å². The number of aromatic hydroxyl groups is 1. The number of nitrogens with zero attached hydrogens (tertiary/aromatic N) is 3. The van der Waals surface area contributed by atoms with Crippen LogP contribution in [0.2, 0.25) is 0 Å². The standard InChI is InChI=1S/C22H25N5O4/c1-27(10-9-25-18-12-24-14-26-21(18)23)22(29)16-5-8-20(19(28)11-16)31-13-15-3-6-17(30-2)7-4-15/h3-8,11-12,14,25,28H,9-10,13H2,1-2H3,(H2,23,24,26). The minimum absolute atomic E-state index is 0.0971. The van der Waals surface area contributed by atoms with Gasteiger partial charge in [-0.1, -0.05) is 12.1 Å². The van der Waals surface area contributed by atoms with Crippen molar-refractivity contribution in [2.45, 2.75) is 6.61 Å². The molecule has 31 heavy (non-hydrogen) atoms. The zero-order valence-corrected chi connectivity index (χ0v) is 17.4. The summed E-state index contributed by atoms with van der Waals surface area (Å²) in [6, 6.07) is 12.0. The monoisotopic (exact) mass is 423 g/mol. The average Bonchev–Trinajstić information content (AvgIpc) is 2.79. The Bertz CT molecular complexity index is 1030. The Labute approximate surface area is 180 Å². The lowest BCUT2D eigenvalue weighted by Gasteiger charge is -2.18. The van der Waals surface area contributed by atoms with E-state index in [0.717, 1.165) is 11.3 Å². The zero-order chi connectivity index (χ0) is 22.2. The molecule has 0 bridgehead atoms. The fourth-order valence-corrected chi connectivity index (χ4v) is 2.81. The van der Waals surface area contributed by atoms with E-state index in [1.54, 1.807) is 37.4 Å². The van der Waals surface area contributed by atoms with E-state index in [1.165, 1.54) is 12.4 Å². The molecule has 0 aliphatic carbocycles. The molecule has 0 spiro atoms. The molecule has 0 saturated heterocycles. The molecule has 1 aromatic heterocycles. The number of hydrogen-bond donors (Lipinski definition) is 3. The summed E-state index contributed by atoms with van der Waals surface area (Å²) in [6.07, 6.45) is 2.94. The van der Waals surface area contributed by atoms with Gasteiger partial charge in [-0.3, -0.25) is 4.79 Å². The molecule has 2 aromatic carbocycles. The van der Waals surface area contributed by atoms with E-state index in [2.05, 4.69) is 15.3 Å². The molecule has 0 fully saturated rings. The molecule has 0 atom stereocenters. The maximum absolute atomic E-state index is 12.6. The molecule has 3 rings (SSSR count). The van der Waals surface area contributed by atoms with Crippen LogP contribution in [0.4, 0.5) is 11.5 Å². The highest BCUT2D eigenvalue weighted by Gasteiger charge is 2.14. The summed E-state index contributed by atoms with van der Waals surface area (Å²) in [5.74, 6) is 1.08. The van der Waals surface area contributed by atoms with E-state index in [4.69, 9.17) is 15.2 Å². The second-order valence-electron chi connectivity index (χ2n) is 6.79. The van der Waals surface area contributed by atoms with Crippen molar-refractivity contribution in [3.05, 3.63) is 66.1 Å². The van der Waals surface area contributed by atoms with Crippen LogP contribution in [0.1, 0.15) is 15.9 Å². The molecule has 1 amide bonds. The first-order valence-electron chi connectivity index (χ1n) is 9.61. The molecular weight excluding hydrogens is 398 g/mol. The number of carbonyl (C=O) groups is 1. The Morgan fingerprint density at radius 3 is 2.68 bits per heavy atom. The average molecular weight is 423 g/mol. The maximum Gasteiger partial charge on any atom is 0.253 e. The number of hydrogen-bond acceptors (Lipinski definition) is 8. The van der Waals surface area contributed by atoms with Crippen molar-refractivity contribution >= 4 is 17.4 Å². The van der Waals surface area contributed by atoms with Crippen molar-refractivity contribution in [3.8, 4) is 17.2 Å². The molecule has 0 saturated carbocycles. The number of methoxy groups -OCH3 is 1. The van der Waals surface area contributed by atoms with E-state index < -0.39 is 0 Å². The Morgan fingerprint density at radius 2 is 2.00 bits per heavy atom. The summed E-state index contributed by atoms with van der Waals surface area (Å²) in [6.45, 7) is 1.17. The van der Waals surface area contributed by atoms with E-state index in [1.807, 2.05) is 24.3 Å². The molecule has 0 radical (unpaired) electrons. The third-order valence-corrected chi connectivity index (χ3v) is 4.61. The topological polar surface area (TPSA) is 123 Å². The first-order valence-corrected chi connectivity index (χ1v) is 9.61. The fraction of sp³-hybridized carbons (Fsp3) is 0.227. The number of rotatable bonds is 9.